The number of rotatable bonds is 4. The van der Waals surface area contributed by atoms with Gasteiger partial charge in [-0.3, -0.25) is 0 Å². The SMILES string of the molecule is CCOC(=O)C1(C(F)F)C=Cc2cc(C(F)(F)C(F)(F)F)ccc2O1. The Balaban J connectivity index is 2.44. The van der Waals surface area contributed by atoms with Gasteiger partial charge in [0.1, 0.15) is 5.75 Å². The molecule has 0 bridgehead atoms. The fraction of sp³-hybridized carbons (Fsp3) is 0.400. The predicted octanol–water partition coefficient (Wildman–Crippen LogP) is 4.31. The quantitative estimate of drug-likeness (QED) is 0.584. The molecule has 10 heteroatoms. The lowest BCUT2D eigenvalue weighted by atomic mass is 9.96. The number of esters is 1. The number of hydrogen-bond acceptors (Lipinski definition) is 3. The Morgan fingerprint density at radius 2 is 1.88 bits per heavy atom. The maximum atomic E-state index is 13.4. The lowest BCUT2D eigenvalue weighted by molar-refractivity contribution is -0.289. The summed E-state index contributed by atoms with van der Waals surface area (Å²) < 4.78 is 100. The first-order valence-corrected chi connectivity index (χ1v) is 6.88. The molecule has 0 spiro atoms. The molecule has 0 aliphatic carbocycles. The minimum Gasteiger partial charge on any atom is -0.465 e. The molecule has 0 saturated heterocycles. The fourth-order valence-corrected chi connectivity index (χ4v) is 2.12. The van der Waals surface area contributed by atoms with Crippen LogP contribution in [0.3, 0.4) is 0 Å². The van der Waals surface area contributed by atoms with Crippen molar-refractivity contribution in [2.45, 2.75) is 31.0 Å². The van der Waals surface area contributed by atoms with Gasteiger partial charge < -0.3 is 9.47 Å². The number of ether oxygens (including phenoxy) is 2. The molecule has 1 aliphatic rings. The molecule has 1 aliphatic heterocycles. The van der Waals surface area contributed by atoms with Crippen LogP contribution in [0.25, 0.3) is 6.08 Å². The molecule has 1 aromatic rings. The lowest BCUT2D eigenvalue weighted by Gasteiger charge is -2.32. The number of halogens is 7. The van der Waals surface area contributed by atoms with Crippen molar-refractivity contribution >= 4 is 12.0 Å². The van der Waals surface area contributed by atoms with Crippen LogP contribution in [0.15, 0.2) is 24.3 Å². The first kappa shape index (κ1) is 19.1. The summed E-state index contributed by atoms with van der Waals surface area (Å²) in [5, 5.41) is 0. The van der Waals surface area contributed by atoms with E-state index in [0.29, 0.717) is 24.3 Å². The molecule has 1 atom stereocenters. The summed E-state index contributed by atoms with van der Waals surface area (Å²) in [5.41, 5.74) is -4.48. The molecule has 1 heterocycles. The van der Waals surface area contributed by atoms with Crippen LogP contribution < -0.4 is 4.74 Å². The highest BCUT2D eigenvalue weighted by Gasteiger charge is 2.59. The first-order chi connectivity index (χ1) is 11.5. The summed E-state index contributed by atoms with van der Waals surface area (Å²) in [7, 11) is 0. The van der Waals surface area contributed by atoms with Crippen molar-refractivity contribution in [2.24, 2.45) is 0 Å². The molecule has 0 radical (unpaired) electrons. The molecule has 25 heavy (non-hydrogen) atoms. The van der Waals surface area contributed by atoms with Gasteiger partial charge in [-0.15, -0.1) is 0 Å². The summed E-state index contributed by atoms with van der Waals surface area (Å²) >= 11 is 0. The monoisotopic (exact) mass is 372 g/mol. The average molecular weight is 372 g/mol. The van der Waals surface area contributed by atoms with Crippen molar-refractivity contribution in [3.63, 3.8) is 0 Å². The van der Waals surface area contributed by atoms with Crippen molar-refractivity contribution in [3.8, 4) is 5.75 Å². The van der Waals surface area contributed by atoms with E-state index >= 15 is 0 Å². The third kappa shape index (κ3) is 3.16. The van der Waals surface area contributed by atoms with E-state index in [1.54, 1.807) is 0 Å². The van der Waals surface area contributed by atoms with Crippen molar-refractivity contribution in [3.05, 3.63) is 35.4 Å². The normalized spacial score (nSPS) is 20.2. The van der Waals surface area contributed by atoms with E-state index in [-0.39, 0.29) is 12.2 Å². The number of benzene rings is 1. The Bertz CT molecular complexity index is 697. The summed E-state index contributed by atoms with van der Waals surface area (Å²) in [6.07, 6.45) is -7.78. The number of carbonyl (C=O) groups is 1. The first-order valence-electron chi connectivity index (χ1n) is 6.88. The van der Waals surface area contributed by atoms with Gasteiger partial charge in [-0.25, -0.2) is 13.6 Å². The maximum absolute atomic E-state index is 13.4. The highest BCUT2D eigenvalue weighted by atomic mass is 19.4. The van der Waals surface area contributed by atoms with Gasteiger partial charge in [0.25, 0.3) is 12.0 Å². The second-order valence-corrected chi connectivity index (χ2v) is 5.07. The zero-order valence-corrected chi connectivity index (χ0v) is 12.5. The van der Waals surface area contributed by atoms with Crippen LogP contribution in [0.4, 0.5) is 30.7 Å². The van der Waals surface area contributed by atoms with Crippen molar-refractivity contribution in [1.82, 2.24) is 0 Å². The van der Waals surface area contributed by atoms with E-state index in [2.05, 4.69) is 4.74 Å². The van der Waals surface area contributed by atoms with Crippen LogP contribution in [0, 0.1) is 0 Å². The van der Waals surface area contributed by atoms with Crippen LogP contribution >= 0.6 is 0 Å². The third-order valence-corrected chi connectivity index (χ3v) is 3.44. The second-order valence-electron chi connectivity index (χ2n) is 5.07. The van der Waals surface area contributed by atoms with Gasteiger partial charge in [0.2, 0.25) is 0 Å². The Morgan fingerprint density at radius 3 is 2.40 bits per heavy atom. The molecule has 0 aromatic heterocycles. The van der Waals surface area contributed by atoms with Gasteiger partial charge >= 0.3 is 18.1 Å². The zero-order valence-electron chi connectivity index (χ0n) is 12.5. The van der Waals surface area contributed by atoms with Gasteiger partial charge in [0, 0.05) is 11.1 Å². The standard InChI is InChI=1S/C15H11F7O3/c1-2-24-12(23)13(11(16)17)6-5-8-7-9(3-4-10(8)25-13)14(18,19)15(20,21)22/h3-7,11H,2H2,1H3. The number of fused-ring (bicyclic) bond motifs is 1. The number of alkyl halides is 7. The molecule has 3 nitrogen and oxygen atoms in total. The number of hydrogen-bond donors (Lipinski definition) is 0. The molecule has 0 N–H and O–H groups in total. The Kier molecular flexibility index (Phi) is 4.75. The third-order valence-electron chi connectivity index (χ3n) is 3.44. The van der Waals surface area contributed by atoms with Crippen LogP contribution in [-0.2, 0) is 15.5 Å². The van der Waals surface area contributed by atoms with Gasteiger partial charge in [-0.05, 0) is 31.2 Å². The van der Waals surface area contributed by atoms with Gasteiger partial charge in [-0.2, -0.15) is 22.0 Å². The molecule has 1 aromatic carbocycles. The molecule has 0 saturated carbocycles. The molecular weight excluding hydrogens is 361 g/mol. The molecule has 0 fully saturated rings. The highest BCUT2D eigenvalue weighted by Crippen LogP contribution is 2.46. The molecule has 1 unspecified atom stereocenters. The van der Waals surface area contributed by atoms with E-state index < -0.39 is 41.4 Å². The topological polar surface area (TPSA) is 35.5 Å². The van der Waals surface area contributed by atoms with Crippen molar-refractivity contribution < 1.29 is 45.0 Å². The van der Waals surface area contributed by atoms with E-state index in [1.165, 1.54) is 6.92 Å². The summed E-state index contributed by atoms with van der Waals surface area (Å²) in [5.74, 6) is -6.98. The second kappa shape index (κ2) is 6.23. The summed E-state index contributed by atoms with van der Waals surface area (Å²) in [4.78, 5) is 11.8. The molecule has 2 rings (SSSR count). The highest BCUT2D eigenvalue weighted by molar-refractivity contribution is 5.86. The summed E-state index contributed by atoms with van der Waals surface area (Å²) in [6.45, 7) is 1.16. The minimum atomic E-state index is -5.82. The van der Waals surface area contributed by atoms with Crippen molar-refractivity contribution in [2.75, 3.05) is 6.61 Å². The lowest BCUT2D eigenvalue weighted by Crippen LogP contribution is -2.51. The van der Waals surface area contributed by atoms with Crippen LogP contribution in [0.5, 0.6) is 5.75 Å². The minimum absolute atomic E-state index is 0.214. The van der Waals surface area contributed by atoms with Crippen LogP contribution in [0.1, 0.15) is 18.1 Å². The predicted molar refractivity (Wildman–Crippen MR) is 71.4 cm³/mol. The van der Waals surface area contributed by atoms with Crippen LogP contribution in [-0.4, -0.2) is 30.8 Å². The van der Waals surface area contributed by atoms with Crippen LogP contribution in [0.2, 0.25) is 0 Å². The largest absolute Gasteiger partial charge is 0.465 e. The van der Waals surface area contributed by atoms with E-state index in [0.717, 1.165) is 6.08 Å². The zero-order chi connectivity index (χ0) is 19.0. The van der Waals surface area contributed by atoms with E-state index in [4.69, 9.17) is 4.74 Å². The molecule has 0 amide bonds. The molecule has 138 valence electrons. The summed E-state index contributed by atoms with van der Waals surface area (Å²) in [6, 6.07) is 1.52. The Labute approximate surface area is 137 Å². The molecular formula is C15H11F7O3. The van der Waals surface area contributed by atoms with E-state index in [1.807, 2.05) is 0 Å². The van der Waals surface area contributed by atoms with Crippen molar-refractivity contribution in [1.29, 1.82) is 0 Å². The number of carbonyl (C=O) groups excluding carboxylic acids is 1. The fourth-order valence-electron chi connectivity index (χ4n) is 2.12. The maximum Gasteiger partial charge on any atom is 0.458 e. The van der Waals surface area contributed by atoms with Gasteiger partial charge in [0.15, 0.2) is 0 Å². The van der Waals surface area contributed by atoms with Gasteiger partial charge in [0.05, 0.1) is 6.61 Å². The Morgan fingerprint density at radius 1 is 1.24 bits per heavy atom. The Hall–Kier alpha value is -2.26. The smallest absolute Gasteiger partial charge is 0.458 e. The average Bonchev–Trinajstić information content (AvgIpc) is 2.52. The van der Waals surface area contributed by atoms with E-state index in [9.17, 15) is 35.5 Å². The van der Waals surface area contributed by atoms with Gasteiger partial charge in [-0.1, -0.05) is 6.08 Å².